The Kier molecular flexibility index (Phi) is 12.9. The Bertz CT molecular complexity index is 2500. The van der Waals surface area contributed by atoms with Gasteiger partial charge in [-0.15, -0.1) is 0 Å². The van der Waals surface area contributed by atoms with Crippen molar-refractivity contribution in [1.29, 1.82) is 0 Å². The summed E-state index contributed by atoms with van der Waals surface area (Å²) in [7, 11) is 0. The third-order valence-electron chi connectivity index (χ3n) is 11.5. The van der Waals surface area contributed by atoms with Crippen molar-refractivity contribution < 1.29 is 28.9 Å². The highest BCUT2D eigenvalue weighted by Crippen LogP contribution is 2.43. The fourth-order valence-corrected chi connectivity index (χ4v) is 8.53. The Balaban J connectivity index is 0.989. The molecule has 312 valence electrons. The maximum atomic E-state index is 14.4. The van der Waals surface area contributed by atoms with E-state index in [0.29, 0.717) is 53.5 Å². The molecule has 2 N–H and O–H groups in total. The summed E-state index contributed by atoms with van der Waals surface area (Å²) in [5.41, 5.74) is 8.83. The molecular weight excluding hydrogens is 809 g/mol. The molecule has 0 spiro atoms. The highest BCUT2D eigenvalue weighted by atomic mass is 35.5. The normalized spacial score (nSPS) is 16.9. The molecular formula is C50H47Cl2N3O6. The van der Waals surface area contributed by atoms with Crippen molar-refractivity contribution in [3.8, 4) is 28.4 Å². The molecule has 9 nitrogen and oxygen atoms in total. The number of ether oxygens (including phenoxy) is 3. The first kappa shape index (κ1) is 41.8. The van der Waals surface area contributed by atoms with Crippen LogP contribution in [0, 0.1) is 0 Å². The number of carbonyl (C=O) groups is 2. The fraction of sp³-hybridized carbons (Fsp3) is 0.260. The summed E-state index contributed by atoms with van der Waals surface area (Å²) in [5, 5.41) is 14.3. The molecule has 1 aromatic heterocycles. The molecule has 0 saturated carbocycles. The predicted molar refractivity (Wildman–Crippen MR) is 237 cm³/mol. The third-order valence-corrected chi connectivity index (χ3v) is 12.3. The quantitative estimate of drug-likeness (QED) is 0.111. The van der Waals surface area contributed by atoms with Gasteiger partial charge in [-0.25, -0.2) is 4.79 Å². The van der Waals surface area contributed by atoms with Crippen molar-refractivity contribution >= 4 is 35.1 Å². The Labute approximate surface area is 366 Å². The van der Waals surface area contributed by atoms with Gasteiger partial charge in [0.15, 0.2) is 17.6 Å². The van der Waals surface area contributed by atoms with Crippen LogP contribution in [0.4, 0.5) is 0 Å². The van der Waals surface area contributed by atoms with Gasteiger partial charge in [0.05, 0.1) is 16.1 Å². The van der Waals surface area contributed by atoms with Crippen LogP contribution in [0.25, 0.3) is 11.1 Å². The number of rotatable bonds is 14. The van der Waals surface area contributed by atoms with Gasteiger partial charge in [0.25, 0.3) is 0 Å². The monoisotopic (exact) mass is 855 g/mol. The first-order chi connectivity index (χ1) is 29.6. The summed E-state index contributed by atoms with van der Waals surface area (Å²) in [6.45, 7) is 5.29. The number of aromatic nitrogens is 1. The predicted octanol–water partition coefficient (Wildman–Crippen LogP) is 10.4. The SMILES string of the molecule is CCc1cc(-c2ccc(CC(NC(=O)[C@@H]3Cc4cc5c(cc4CN3[C@@H](CC)c3ccccc3)O[C@@H](c3ccc(OCc4ccc(Cl)c(Cl)c4)cc3)CO5)C(=O)O)cc2)ccn1. The van der Waals surface area contributed by atoms with Crippen LogP contribution in [0.3, 0.4) is 0 Å². The molecule has 2 aliphatic heterocycles. The van der Waals surface area contributed by atoms with Crippen molar-refractivity contribution in [2.75, 3.05) is 6.61 Å². The maximum Gasteiger partial charge on any atom is 0.326 e. The number of benzene rings is 5. The van der Waals surface area contributed by atoms with Gasteiger partial charge in [0, 0.05) is 30.9 Å². The zero-order chi connectivity index (χ0) is 42.5. The number of amides is 1. The van der Waals surface area contributed by atoms with Crippen LogP contribution < -0.4 is 19.5 Å². The summed E-state index contributed by atoms with van der Waals surface area (Å²) >= 11 is 12.2. The van der Waals surface area contributed by atoms with E-state index in [2.05, 4.69) is 47.2 Å². The number of aliphatic carboxylic acids is 1. The van der Waals surface area contributed by atoms with Gasteiger partial charge in [-0.2, -0.15) is 0 Å². The molecule has 0 fully saturated rings. The second-order valence-electron chi connectivity index (χ2n) is 15.5. The largest absolute Gasteiger partial charge is 0.489 e. The first-order valence-corrected chi connectivity index (χ1v) is 21.4. The molecule has 6 aromatic rings. The lowest BCUT2D eigenvalue weighted by Crippen LogP contribution is -2.55. The number of fused-ring (bicyclic) bond motifs is 2. The minimum atomic E-state index is -1.12. The topological polar surface area (TPSA) is 110 Å². The van der Waals surface area contributed by atoms with E-state index in [-0.39, 0.29) is 24.5 Å². The number of carboxylic acids is 1. The summed E-state index contributed by atoms with van der Waals surface area (Å²) in [5.74, 6) is 0.546. The van der Waals surface area contributed by atoms with E-state index in [9.17, 15) is 14.7 Å². The van der Waals surface area contributed by atoms with Gasteiger partial charge in [-0.1, -0.05) is 110 Å². The third kappa shape index (κ3) is 9.70. The highest BCUT2D eigenvalue weighted by Gasteiger charge is 2.39. The fourth-order valence-electron chi connectivity index (χ4n) is 8.21. The van der Waals surface area contributed by atoms with E-state index in [1.807, 2.05) is 91.0 Å². The number of halogens is 2. The molecule has 8 rings (SSSR count). The minimum Gasteiger partial charge on any atom is -0.489 e. The van der Waals surface area contributed by atoms with Crippen LogP contribution in [-0.2, 0) is 42.0 Å². The molecule has 5 aromatic carbocycles. The van der Waals surface area contributed by atoms with Gasteiger partial charge < -0.3 is 24.6 Å². The smallest absolute Gasteiger partial charge is 0.326 e. The average molecular weight is 857 g/mol. The van der Waals surface area contributed by atoms with Crippen molar-refractivity contribution in [3.05, 3.63) is 177 Å². The summed E-state index contributed by atoms with van der Waals surface area (Å²) in [4.78, 5) is 33.7. The van der Waals surface area contributed by atoms with Crippen molar-refractivity contribution in [1.82, 2.24) is 15.2 Å². The zero-order valence-corrected chi connectivity index (χ0v) is 35.5. The van der Waals surface area contributed by atoms with E-state index < -0.39 is 18.1 Å². The molecule has 3 heterocycles. The standard InChI is InChI=1S/C50H47Cl2N3O6/c1-3-39-24-36(20-21-53-39)33-13-10-31(11-14-33)23-43(50(57)58)54-49(56)45-25-37-26-46-47(27-38(37)28-55(45)44(4-2)34-8-6-5-7-9-34)61-48(30-60-46)35-15-17-40(18-16-35)59-29-32-12-19-41(51)42(52)22-32/h5-22,24,26-27,43-45,48H,3-4,23,25,28-30H2,1-2H3,(H,54,56)(H,57,58)/t43?,44-,45-,48+/m0/s1. The lowest BCUT2D eigenvalue weighted by molar-refractivity contribution is -0.143. The zero-order valence-electron chi connectivity index (χ0n) is 34.0. The van der Waals surface area contributed by atoms with Gasteiger partial charge in [0.1, 0.15) is 25.0 Å². The second-order valence-corrected chi connectivity index (χ2v) is 16.3. The molecule has 1 unspecified atom stereocenters. The van der Waals surface area contributed by atoms with Gasteiger partial charge in [0.2, 0.25) is 5.91 Å². The number of carbonyl (C=O) groups excluding carboxylic acids is 1. The molecule has 61 heavy (non-hydrogen) atoms. The number of carboxylic acid groups (broad SMARTS) is 1. The molecule has 11 heteroatoms. The van der Waals surface area contributed by atoms with Crippen molar-refractivity contribution in [3.63, 3.8) is 0 Å². The Morgan fingerprint density at radius 3 is 2.33 bits per heavy atom. The Morgan fingerprint density at radius 2 is 1.61 bits per heavy atom. The molecule has 0 aliphatic carbocycles. The van der Waals surface area contributed by atoms with Gasteiger partial charge in [-0.05, 0) is 112 Å². The summed E-state index contributed by atoms with van der Waals surface area (Å²) in [6, 6.07) is 37.4. The maximum absolute atomic E-state index is 14.4. The molecule has 1 amide bonds. The first-order valence-electron chi connectivity index (χ1n) is 20.7. The number of hydrogen-bond donors (Lipinski definition) is 2. The number of aryl methyl sites for hydroxylation is 1. The van der Waals surface area contributed by atoms with Crippen LogP contribution in [0.5, 0.6) is 17.2 Å². The van der Waals surface area contributed by atoms with Crippen LogP contribution in [-0.4, -0.2) is 45.6 Å². The van der Waals surface area contributed by atoms with Crippen molar-refractivity contribution in [2.24, 2.45) is 0 Å². The second kappa shape index (κ2) is 18.8. The van der Waals surface area contributed by atoms with E-state index in [1.54, 1.807) is 18.3 Å². The molecule has 4 atom stereocenters. The Hall–Kier alpha value is -5.87. The molecule has 0 bridgehead atoms. The lowest BCUT2D eigenvalue weighted by atomic mass is 9.89. The number of nitrogens with zero attached hydrogens (tertiary/aromatic N) is 2. The molecule has 2 aliphatic rings. The Morgan fingerprint density at radius 1 is 0.852 bits per heavy atom. The van der Waals surface area contributed by atoms with Crippen LogP contribution in [0.15, 0.2) is 128 Å². The lowest BCUT2D eigenvalue weighted by Gasteiger charge is -2.42. The minimum absolute atomic E-state index is 0.0966. The van der Waals surface area contributed by atoms with Crippen LogP contribution in [0.1, 0.15) is 71.5 Å². The van der Waals surface area contributed by atoms with E-state index in [0.717, 1.165) is 63.0 Å². The van der Waals surface area contributed by atoms with E-state index in [1.165, 1.54) is 0 Å². The highest BCUT2D eigenvalue weighted by molar-refractivity contribution is 6.42. The van der Waals surface area contributed by atoms with Gasteiger partial charge in [-0.3, -0.25) is 14.7 Å². The van der Waals surface area contributed by atoms with Crippen LogP contribution in [0.2, 0.25) is 10.0 Å². The summed E-state index contributed by atoms with van der Waals surface area (Å²) in [6.07, 6.45) is 3.57. The van der Waals surface area contributed by atoms with Crippen molar-refractivity contribution in [2.45, 2.75) is 76.9 Å². The van der Waals surface area contributed by atoms with E-state index >= 15 is 0 Å². The number of pyridine rings is 1. The summed E-state index contributed by atoms with van der Waals surface area (Å²) < 4.78 is 18.9. The van der Waals surface area contributed by atoms with Crippen LogP contribution >= 0.6 is 23.2 Å². The molecule has 0 saturated heterocycles. The van der Waals surface area contributed by atoms with E-state index in [4.69, 9.17) is 37.4 Å². The molecule has 0 radical (unpaired) electrons. The average Bonchev–Trinajstić information content (AvgIpc) is 3.29. The van der Waals surface area contributed by atoms with Gasteiger partial charge >= 0.3 is 5.97 Å². The number of hydrogen-bond acceptors (Lipinski definition) is 7. The number of nitrogens with one attached hydrogen (secondary N) is 1.